The molecule has 4 heteroatoms. The Bertz CT molecular complexity index is 493. The predicted octanol–water partition coefficient (Wildman–Crippen LogP) is 3.22. The Morgan fingerprint density at radius 2 is 2.24 bits per heavy atom. The van der Waals surface area contributed by atoms with E-state index in [2.05, 4.69) is 17.1 Å². The lowest BCUT2D eigenvalue weighted by atomic mass is 10.2. The smallest absolute Gasteiger partial charge is 0.303 e. The van der Waals surface area contributed by atoms with E-state index in [1.807, 2.05) is 18.3 Å². The number of aliphatic carboxylic acids is 1. The highest BCUT2D eigenvalue weighted by atomic mass is 32.1. The number of rotatable bonds is 5. The monoisotopic (exact) mass is 247 g/mol. The van der Waals surface area contributed by atoms with Crippen LogP contribution in [0.4, 0.5) is 0 Å². The summed E-state index contributed by atoms with van der Waals surface area (Å²) in [5, 5.41) is 8.57. The number of hydrogen-bond donors (Lipinski definition) is 1. The van der Waals surface area contributed by atoms with Crippen LogP contribution < -0.4 is 0 Å². The van der Waals surface area contributed by atoms with Gasteiger partial charge in [-0.3, -0.25) is 9.78 Å². The maximum atomic E-state index is 10.4. The first-order valence-electron chi connectivity index (χ1n) is 5.46. The molecule has 0 aliphatic heterocycles. The second-order valence-electron chi connectivity index (χ2n) is 3.75. The minimum atomic E-state index is -0.728. The lowest BCUT2D eigenvalue weighted by Gasteiger charge is -1.95. The summed E-state index contributed by atoms with van der Waals surface area (Å²) in [7, 11) is 0. The van der Waals surface area contributed by atoms with Gasteiger partial charge in [-0.2, -0.15) is 0 Å². The summed E-state index contributed by atoms with van der Waals surface area (Å²) in [5.41, 5.74) is 1.11. The zero-order chi connectivity index (χ0) is 12.1. The Kier molecular flexibility index (Phi) is 3.88. The summed E-state index contributed by atoms with van der Waals surface area (Å²) in [6, 6.07) is 8.08. The molecular weight excluding hydrogens is 234 g/mol. The number of carbonyl (C=O) groups is 1. The highest BCUT2D eigenvalue weighted by Crippen LogP contribution is 2.28. The van der Waals surface area contributed by atoms with Crippen molar-refractivity contribution in [2.75, 3.05) is 0 Å². The van der Waals surface area contributed by atoms with E-state index in [4.69, 9.17) is 5.11 Å². The number of pyridine rings is 1. The van der Waals surface area contributed by atoms with Gasteiger partial charge in [0.2, 0.25) is 0 Å². The van der Waals surface area contributed by atoms with E-state index in [9.17, 15) is 4.79 Å². The molecule has 2 heterocycles. The fraction of sp³-hybridized carbons (Fsp3) is 0.231. The summed E-state index contributed by atoms with van der Waals surface area (Å²) in [6.45, 7) is 0. The van der Waals surface area contributed by atoms with Crippen LogP contribution in [0, 0.1) is 0 Å². The number of nitrogens with zero attached hydrogens (tertiary/aromatic N) is 1. The molecule has 3 nitrogen and oxygen atoms in total. The van der Waals surface area contributed by atoms with Crippen molar-refractivity contribution in [3.63, 3.8) is 0 Å². The highest BCUT2D eigenvalue weighted by molar-refractivity contribution is 7.15. The number of carboxylic acids is 1. The molecule has 0 aliphatic rings. The fourth-order valence-corrected chi connectivity index (χ4v) is 2.63. The molecule has 0 atom stereocenters. The maximum absolute atomic E-state index is 10.4. The lowest BCUT2D eigenvalue weighted by Crippen LogP contribution is -1.94. The molecule has 88 valence electrons. The molecule has 2 aromatic rings. The minimum absolute atomic E-state index is 0.236. The average molecular weight is 247 g/mol. The largest absolute Gasteiger partial charge is 0.481 e. The molecule has 17 heavy (non-hydrogen) atoms. The molecule has 0 unspecified atom stereocenters. The first kappa shape index (κ1) is 11.8. The average Bonchev–Trinajstić information content (AvgIpc) is 2.78. The van der Waals surface area contributed by atoms with Crippen LogP contribution in [0.15, 0.2) is 36.7 Å². The van der Waals surface area contributed by atoms with Gasteiger partial charge in [-0.05, 0) is 31.0 Å². The number of aromatic nitrogens is 1. The van der Waals surface area contributed by atoms with Gasteiger partial charge in [0.15, 0.2) is 0 Å². The van der Waals surface area contributed by atoms with Gasteiger partial charge in [0.1, 0.15) is 0 Å². The predicted molar refractivity (Wildman–Crippen MR) is 68.1 cm³/mol. The first-order valence-corrected chi connectivity index (χ1v) is 6.28. The highest BCUT2D eigenvalue weighted by Gasteiger charge is 2.04. The number of hydrogen-bond acceptors (Lipinski definition) is 3. The Morgan fingerprint density at radius 1 is 1.35 bits per heavy atom. The molecule has 0 spiro atoms. The molecule has 0 amide bonds. The van der Waals surface area contributed by atoms with Crippen LogP contribution in [0.3, 0.4) is 0 Å². The van der Waals surface area contributed by atoms with Gasteiger partial charge in [0.05, 0.1) is 0 Å². The quantitative estimate of drug-likeness (QED) is 0.882. The second-order valence-corrected chi connectivity index (χ2v) is 4.92. The Balaban J connectivity index is 1.99. The number of thiophene rings is 1. The summed E-state index contributed by atoms with van der Waals surface area (Å²) in [4.78, 5) is 16.9. The van der Waals surface area contributed by atoms with E-state index in [-0.39, 0.29) is 6.42 Å². The van der Waals surface area contributed by atoms with Gasteiger partial charge in [0.25, 0.3) is 0 Å². The van der Waals surface area contributed by atoms with Crippen molar-refractivity contribution in [3.05, 3.63) is 41.5 Å². The van der Waals surface area contributed by atoms with E-state index in [1.54, 1.807) is 17.5 Å². The van der Waals surface area contributed by atoms with E-state index >= 15 is 0 Å². The summed E-state index contributed by atoms with van der Waals surface area (Å²) >= 11 is 1.70. The SMILES string of the molecule is O=C(O)CCCc1ccc(-c2cccnc2)s1. The molecule has 0 radical (unpaired) electrons. The van der Waals surface area contributed by atoms with Gasteiger partial charge < -0.3 is 5.11 Å². The number of carboxylic acid groups (broad SMARTS) is 1. The molecule has 2 aromatic heterocycles. The number of aryl methyl sites for hydroxylation is 1. The maximum Gasteiger partial charge on any atom is 0.303 e. The summed E-state index contributed by atoms with van der Waals surface area (Å²) in [6.07, 6.45) is 5.36. The van der Waals surface area contributed by atoms with Gasteiger partial charge in [-0.1, -0.05) is 6.07 Å². The first-order chi connectivity index (χ1) is 8.25. The van der Waals surface area contributed by atoms with Gasteiger partial charge in [0, 0.05) is 34.1 Å². The fourth-order valence-electron chi connectivity index (χ4n) is 1.59. The standard InChI is InChI=1S/C13H13NO2S/c15-13(16)5-1-4-11-6-7-12(17-11)10-3-2-8-14-9-10/h2-3,6-9H,1,4-5H2,(H,15,16). The molecule has 0 aliphatic carbocycles. The van der Waals surface area contributed by atoms with Crippen molar-refractivity contribution >= 4 is 17.3 Å². The van der Waals surface area contributed by atoms with E-state index < -0.39 is 5.97 Å². The van der Waals surface area contributed by atoms with Crippen LogP contribution in [0.5, 0.6) is 0 Å². The van der Waals surface area contributed by atoms with Crippen LogP contribution in [0.1, 0.15) is 17.7 Å². The molecule has 0 saturated carbocycles. The van der Waals surface area contributed by atoms with Crippen LogP contribution in [0.25, 0.3) is 10.4 Å². The van der Waals surface area contributed by atoms with E-state index in [0.29, 0.717) is 6.42 Å². The Hall–Kier alpha value is -1.68. The van der Waals surface area contributed by atoms with Crippen LogP contribution >= 0.6 is 11.3 Å². The van der Waals surface area contributed by atoms with Crippen molar-refractivity contribution in [1.82, 2.24) is 4.98 Å². The molecule has 0 bridgehead atoms. The molecular formula is C13H13NO2S. The Labute approximate surface area is 104 Å². The third-order valence-electron chi connectivity index (χ3n) is 2.42. The van der Waals surface area contributed by atoms with Gasteiger partial charge in [-0.25, -0.2) is 0 Å². The summed E-state index contributed by atoms with van der Waals surface area (Å²) < 4.78 is 0. The van der Waals surface area contributed by atoms with Crippen LogP contribution in [-0.4, -0.2) is 16.1 Å². The summed E-state index contributed by atoms with van der Waals surface area (Å²) in [5.74, 6) is -0.728. The zero-order valence-corrected chi connectivity index (χ0v) is 10.1. The van der Waals surface area contributed by atoms with Gasteiger partial charge in [-0.15, -0.1) is 11.3 Å². The molecule has 0 aromatic carbocycles. The van der Waals surface area contributed by atoms with Crippen molar-refractivity contribution in [2.45, 2.75) is 19.3 Å². The minimum Gasteiger partial charge on any atom is -0.481 e. The third-order valence-corrected chi connectivity index (χ3v) is 3.62. The topological polar surface area (TPSA) is 50.2 Å². The normalized spacial score (nSPS) is 10.4. The lowest BCUT2D eigenvalue weighted by molar-refractivity contribution is -0.137. The molecule has 2 rings (SSSR count). The van der Waals surface area contributed by atoms with Crippen LogP contribution in [0.2, 0.25) is 0 Å². The van der Waals surface area contributed by atoms with Crippen molar-refractivity contribution < 1.29 is 9.90 Å². The Morgan fingerprint density at radius 3 is 2.94 bits per heavy atom. The van der Waals surface area contributed by atoms with E-state index in [1.165, 1.54) is 9.75 Å². The molecule has 1 N–H and O–H groups in total. The molecule has 0 saturated heterocycles. The van der Waals surface area contributed by atoms with E-state index in [0.717, 1.165) is 12.0 Å². The van der Waals surface area contributed by atoms with Crippen molar-refractivity contribution in [1.29, 1.82) is 0 Å². The second kappa shape index (κ2) is 5.59. The third kappa shape index (κ3) is 3.39. The van der Waals surface area contributed by atoms with Crippen LogP contribution in [-0.2, 0) is 11.2 Å². The molecule has 0 fully saturated rings. The zero-order valence-electron chi connectivity index (χ0n) is 9.30. The van der Waals surface area contributed by atoms with Crippen molar-refractivity contribution in [3.8, 4) is 10.4 Å². The van der Waals surface area contributed by atoms with Gasteiger partial charge >= 0.3 is 5.97 Å². The van der Waals surface area contributed by atoms with Crippen molar-refractivity contribution in [2.24, 2.45) is 0 Å².